The van der Waals surface area contributed by atoms with Gasteiger partial charge in [0.15, 0.2) is 0 Å². The van der Waals surface area contributed by atoms with Gasteiger partial charge in [-0.05, 0) is 63.6 Å². The third-order valence-corrected chi connectivity index (χ3v) is 4.78. The lowest BCUT2D eigenvalue weighted by Crippen LogP contribution is -2.14. The molecule has 0 radical (unpaired) electrons. The molecule has 1 aromatic heterocycles. The number of thiophene rings is 1. The summed E-state index contributed by atoms with van der Waals surface area (Å²) in [6.07, 6.45) is 1.14. The van der Waals surface area contributed by atoms with Crippen molar-refractivity contribution in [2.24, 2.45) is 0 Å². The average Bonchev–Trinajstić information content (AvgIpc) is 2.77. The third kappa shape index (κ3) is 3.35. The lowest BCUT2D eigenvalue weighted by atomic mass is 10.1. The third-order valence-electron chi connectivity index (χ3n) is 2.68. The van der Waals surface area contributed by atoms with Gasteiger partial charge in [-0.1, -0.05) is 24.6 Å². The number of nitrogens with one attached hydrogen (secondary N) is 1. The summed E-state index contributed by atoms with van der Waals surface area (Å²) in [6.45, 7) is 4.09. The highest BCUT2D eigenvalue weighted by Gasteiger charge is 2.10. The minimum atomic E-state index is 0.782. The minimum absolute atomic E-state index is 0.782. The van der Waals surface area contributed by atoms with E-state index in [0.717, 1.165) is 29.0 Å². The second-order valence-corrected chi connectivity index (χ2v) is 6.28. The van der Waals surface area contributed by atoms with Crippen molar-refractivity contribution in [1.29, 1.82) is 0 Å². The second-order valence-electron chi connectivity index (χ2n) is 4.08. The monoisotopic (exact) mass is 343 g/mol. The van der Waals surface area contributed by atoms with Gasteiger partial charge in [0.1, 0.15) is 0 Å². The van der Waals surface area contributed by atoms with Crippen LogP contribution in [0.1, 0.15) is 18.9 Å². The molecule has 96 valence electrons. The molecule has 18 heavy (non-hydrogen) atoms. The van der Waals surface area contributed by atoms with Crippen LogP contribution in [0.3, 0.4) is 0 Å². The Morgan fingerprint density at radius 3 is 2.83 bits per heavy atom. The van der Waals surface area contributed by atoms with Gasteiger partial charge in [-0.25, -0.2) is 0 Å². The topological polar surface area (TPSA) is 12.0 Å². The fraction of sp³-hybridized carbons (Fsp3) is 0.286. The molecule has 1 heterocycles. The molecule has 1 aromatic carbocycles. The summed E-state index contributed by atoms with van der Waals surface area (Å²) in [5, 5.41) is 6.31. The SMILES string of the molecule is CCCNCc1ccc(Cl)cc1-c1sccc1Br. The van der Waals surface area contributed by atoms with Crippen LogP contribution < -0.4 is 5.32 Å². The molecule has 0 fully saturated rings. The summed E-state index contributed by atoms with van der Waals surface area (Å²) >= 11 is 11.4. The van der Waals surface area contributed by atoms with Crippen molar-refractivity contribution in [3.63, 3.8) is 0 Å². The number of rotatable bonds is 5. The quantitative estimate of drug-likeness (QED) is 0.723. The van der Waals surface area contributed by atoms with E-state index < -0.39 is 0 Å². The van der Waals surface area contributed by atoms with Crippen LogP contribution in [0.5, 0.6) is 0 Å². The summed E-state index contributed by atoms with van der Waals surface area (Å²) in [5.74, 6) is 0. The van der Waals surface area contributed by atoms with Gasteiger partial charge >= 0.3 is 0 Å². The molecule has 0 saturated carbocycles. The predicted octanol–water partition coefficient (Wildman–Crippen LogP) is 5.33. The highest BCUT2D eigenvalue weighted by Crippen LogP contribution is 2.36. The Labute approximate surface area is 125 Å². The van der Waals surface area contributed by atoms with E-state index >= 15 is 0 Å². The molecule has 2 rings (SSSR count). The van der Waals surface area contributed by atoms with E-state index in [0.29, 0.717) is 0 Å². The van der Waals surface area contributed by atoms with E-state index in [1.807, 2.05) is 12.1 Å². The van der Waals surface area contributed by atoms with Crippen LogP contribution in [-0.2, 0) is 6.54 Å². The highest BCUT2D eigenvalue weighted by molar-refractivity contribution is 9.10. The van der Waals surface area contributed by atoms with Gasteiger partial charge in [0, 0.05) is 20.9 Å². The molecule has 0 aliphatic carbocycles. The standard InChI is InChI=1S/C14H15BrClNS/c1-2-6-17-9-10-3-4-11(16)8-12(10)14-13(15)5-7-18-14/h3-5,7-8,17H,2,6,9H2,1H3. The Morgan fingerprint density at radius 1 is 1.33 bits per heavy atom. The summed E-state index contributed by atoms with van der Waals surface area (Å²) in [6, 6.07) is 8.17. The van der Waals surface area contributed by atoms with Crippen molar-refractivity contribution in [3.8, 4) is 10.4 Å². The van der Waals surface area contributed by atoms with Gasteiger partial charge in [-0.2, -0.15) is 0 Å². The van der Waals surface area contributed by atoms with Crippen molar-refractivity contribution >= 4 is 38.9 Å². The van der Waals surface area contributed by atoms with Gasteiger partial charge in [0.25, 0.3) is 0 Å². The van der Waals surface area contributed by atoms with Gasteiger partial charge in [0.05, 0.1) is 0 Å². The van der Waals surface area contributed by atoms with Crippen LogP contribution in [0.2, 0.25) is 5.02 Å². The molecule has 1 N–H and O–H groups in total. The molecule has 0 saturated heterocycles. The highest BCUT2D eigenvalue weighted by atomic mass is 79.9. The Hall–Kier alpha value is -0.350. The molecule has 4 heteroatoms. The van der Waals surface area contributed by atoms with Gasteiger partial charge in [-0.15, -0.1) is 11.3 Å². The number of hydrogen-bond donors (Lipinski definition) is 1. The van der Waals surface area contributed by atoms with E-state index in [9.17, 15) is 0 Å². The number of halogens is 2. The molecule has 0 aliphatic heterocycles. The molecule has 0 bridgehead atoms. The molecule has 2 aromatic rings. The normalized spacial score (nSPS) is 10.8. The zero-order valence-electron chi connectivity index (χ0n) is 10.2. The molecule has 0 spiro atoms. The molecule has 0 amide bonds. The number of hydrogen-bond acceptors (Lipinski definition) is 2. The zero-order chi connectivity index (χ0) is 13.0. The Balaban J connectivity index is 2.32. The summed E-state index contributed by atoms with van der Waals surface area (Å²) in [5.41, 5.74) is 2.50. The first-order valence-corrected chi connectivity index (χ1v) is 8.00. The maximum Gasteiger partial charge on any atom is 0.0488 e. The van der Waals surface area contributed by atoms with Gasteiger partial charge < -0.3 is 5.32 Å². The van der Waals surface area contributed by atoms with Crippen LogP contribution >= 0.6 is 38.9 Å². The summed E-state index contributed by atoms with van der Waals surface area (Å²) < 4.78 is 1.13. The first-order chi connectivity index (χ1) is 8.72. The molecular weight excluding hydrogens is 330 g/mol. The maximum atomic E-state index is 6.12. The van der Waals surface area contributed by atoms with Crippen LogP contribution in [-0.4, -0.2) is 6.54 Å². The second kappa shape index (κ2) is 6.71. The molecule has 0 unspecified atom stereocenters. The molecule has 0 aliphatic rings. The van der Waals surface area contributed by atoms with Crippen molar-refractivity contribution in [2.75, 3.05) is 6.54 Å². The van der Waals surface area contributed by atoms with Crippen molar-refractivity contribution < 1.29 is 0 Å². The fourth-order valence-electron chi connectivity index (χ4n) is 1.80. The van der Waals surface area contributed by atoms with Gasteiger partial charge in [0.2, 0.25) is 0 Å². The molecule has 0 atom stereocenters. The minimum Gasteiger partial charge on any atom is -0.313 e. The first-order valence-electron chi connectivity index (χ1n) is 5.95. The summed E-state index contributed by atoms with van der Waals surface area (Å²) in [7, 11) is 0. The van der Waals surface area contributed by atoms with Crippen molar-refractivity contribution in [1.82, 2.24) is 5.32 Å². The average molecular weight is 345 g/mol. The van der Waals surface area contributed by atoms with Crippen LogP contribution in [0.15, 0.2) is 34.1 Å². The zero-order valence-corrected chi connectivity index (χ0v) is 13.3. The largest absolute Gasteiger partial charge is 0.313 e. The fourth-order valence-corrected chi connectivity index (χ4v) is 3.61. The molecule has 1 nitrogen and oxygen atoms in total. The Kier molecular flexibility index (Phi) is 5.25. The van der Waals surface area contributed by atoms with E-state index in [1.165, 1.54) is 16.0 Å². The lowest BCUT2D eigenvalue weighted by Gasteiger charge is -2.10. The van der Waals surface area contributed by atoms with Crippen LogP contribution in [0.4, 0.5) is 0 Å². The smallest absolute Gasteiger partial charge is 0.0488 e. The van der Waals surface area contributed by atoms with E-state index in [4.69, 9.17) is 11.6 Å². The first kappa shape index (κ1) is 14.1. The van der Waals surface area contributed by atoms with E-state index in [-0.39, 0.29) is 0 Å². The lowest BCUT2D eigenvalue weighted by molar-refractivity contribution is 0.676. The maximum absolute atomic E-state index is 6.12. The Bertz CT molecular complexity index is 524. The van der Waals surface area contributed by atoms with E-state index in [1.54, 1.807) is 11.3 Å². The van der Waals surface area contributed by atoms with E-state index in [2.05, 4.69) is 45.7 Å². The van der Waals surface area contributed by atoms with Crippen LogP contribution in [0.25, 0.3) is 10.4 Å². The predicted molar refractivity (Wildman–Crippen MR) is 84.5 cm³/mol. The van der Waals surface area contributed by atoms with Crippen molar-refractivity contribution in [3.05, 3.63) is 44.7 Å². The van der Waals surface area contributed by atoms with Gasteiger partial charge in [-0.3, -0.25) is 0 Å². The summed E-state index contributed by atoms with van der Waals surface area (Å²) in [4.78, 5) is 1.24. The molecular formula is C14H15BrClNS. The van der Waals surface area contributed by atoms with Crippen LogP contribution in [0, 0.1) is 0 Å². The van der Waals surface area contributed by atoms with Crippen molar-refractivity contribution in [2.45, 2.75) is 19.9 Å². The Morgan fingerprint density at radius 2 is 2.17 bits per heavy atom. The number of benzene rings is 1.